The molecular formula is C16H17NO2. The van der Waals surface area contributed by atoms with Crippen molar-refractivity contribution < 1.29 is 9.90 Å². The molecule has 2 aromatic rings. The van der Waals surface area contributed by atoms with Crippen molar-refractivity contribution in [3.05, 3.63) is 52.2 Å². The first kappa shape index (κ1) is 13.3. The molecule has 0 spiro atoms. The Morgan fingerprint density at radius 2 is 1.74 bits per heavy atom. The highest BCUT2D eigenvalue weighted by Gasteiger charge is 2.14. The van der Waals surface area contributed by atoms with Gasteiger partial charge in [-0.15, -0.1) is 0 Å². The average Bonchev–Trinajstić information content (AvgIpc) is 2.30. The molecule has 0 aliphatic heterocycles. The van der Waals surface area contributed by atoms with Crippen molar-refractivity contribution in [3.8, 4) is 11.3 Å². The van der Waals surface area contributed by atoms with Gasteiger partial charge in [0.15, 0.2) is 0 Å². The zero-order valence-electron chi connectivity index (χ0n) is 11.6. The van der Waals surface area contributed by atoms with Crippen LogP contribution in [0.1, 0.15) is 32.7 Å². The topological polar surface area (TPSA) is 50.2 Å². The van der Waals surface area contributed by atoms with Crippen LogP contribution in [0.4, 0.5) is 0 Å². The molecule has 3 nitrogen and oxygen atoms in total. The second-order valence-electron chi connectivity index (χ2n) is 4.91. The van der Waals surface area contributed by atoms with E-state index in [0.29, 0.717) is 11.3 Å². The van der Waals surface area contributed by atoms with Gasteiger partial charge in [0.2, 0.25) is 0 Å². The van der Waals surface area contributed by atoms with Gasteiger partial charge < -0.3 is 5.11 Å². The summed E-state index contributed by atoms with van der Waals surface area (Å²) in [6.45, 7) is 7.62. The minimum atomic E-state index is -0.921. The van der Waals surface area contributed by atoms with Crippen molar-refractivity contribution in [3.63, 3.8) is 0 Å². The minimum absolute atomic E-state index is 0.300. The number of aromatic carboxylic acids is 1. The van der Waals surface area contributed by atoms with Gasteiger partial charge in [0, 0.05) is 5.56 Å². The average molecular weight is 255 g/mol. The van der Waals surface area contributed by atoms with E-state index in [9.17, 15) is 4.79 Å². The molecular weight excluding hydrogens is 238 g/mol. The lowest BCUT2D eigenvalue weighted by molar-refractivity contribution is 0.0695. The van der Waals surface area contributed by atoms with Crippen LogP contribution in [0.15, 0.2) is 24.3 Å². The van der Waals surface area contributed by atoms with Crippen LogP contribution in [0.25, 0.3) is 11.3 Å². The smallest absolute Gasteiger partial charge is 0.337 e. The van der Waals surface area contributed by atoms with Crippen LogP contribution in [-0.2, 0) is 0 Å². The Kier molecular flexibility index (Phi) is 3.38. The van der Waals surface area contributed by atoms with Gasteiger partial charge in [-0.3, -0.25) is 4.98 Å². The third-order valence-corrected chi connectivity index (χ3v) is 3.28. The summed E-state index contributed by atoms with van der Waals surface area (Å²) < 4.78 is 0. The number of benzene rings is 1. The van der Waals surface area contributed by atoms with Crippen LogP contribution >= 0.6 is 0 Å². The van der Waals surface area contributed by atoms with Crippen molar-refractivity contribution >= 4 is 5.97 Å². The predicted octanol–water partition coefficient (Wildman–Crippen LogP) is 3.68. The maximum absolute atomic E-state index is 11.2. The van der Waals surface area contributed by atoms with Gasteiger partial charge in [0.05, 0.1) is 17.0 Å². The lowest BCUT2D eigenvalue weighted by atomic mass is 9.99. The molecule has 1 aromatic carbocycles. The summed E-state index contributed by atoms with van der Waals surface area (Å²) in [7, 11) is 0. The van der Waals surface area contributed by atoms with Crippen molar-refractivity contribution in [2.24, 2.45) is 0 Å². The number of aryl methyl sites for hydroxylation is 4. The summed E-state index contributed by atoms with van der Waals surface area (Å²) in [5.74, 6) is -0.921. The maximum atomic E-state index is 11.2. The van der Waals surface area contributed by atoms with Crippen LogP contribution in [-0.4, -0.2) is 16.1 Å². The molecule has 1 N–H and O–H groups in total. The molecule has 0 amide bonds. The SMILES string of the molecule is Cc1ccc(C)c(-c2cc(C)c(C(=O)O)c(C)n2)c1. The van der Waals surface area contributed by atoms with E-state index in [2.05, 4.69) is 23.2 Å². The standard InChI is InChI=1S/C16H17NO2/c1-9-5-6-10(2)13(7-9)14-8-11(3)15(16(18)19)12(4)17-14/h5-8H,1-4H3,(H,18,19). The van der Waals surface area contributed by atoms with E-state index in [1.807, 2.05) is 26.8 Å². The van der Waals surface area contributed by atoms with E-state index < -0.39 is 5.97 Å². The summed E-state index contributed by atoms with van der Waals surface area (Å²) in [4.78, 5) is 15.6. The van der Waals surface area contributed by atoms with Gasteiger partial charge in [-0.25, -0.2) is 4.79 Å². The lowest BCUT2D eigenvalue weighted by Crippen LogP contribution is -2.06. The summed E-state index contributed by atoms with van der Waals surface area (Å²) in [6, 6.07) is 8.04. The van der Waals surface area contributed by atoms with E-state index >= 15 is 0 Å². The van der Waals surface area contributed by atoms with Crippen molar-refractivity contribution in [2.45, 2.75) is 27.7 Å². The van der Waals surface area contributed by atoms with E-state index in [1.165, 1.54) is 5.56 Å². The molecule has 1 heterocycles. The Hall–Kier alpha value is -2.16. The van der Waals surface area contributed by atoms with Gasteiger partial charge >= 0.3 is 5.97 Å². The van der Waals surface area contributed by atoms with Crippen LogP contribution < -0.4 is 0 Å². The Labute approximate surface area is 112 Å². The predicted molar refractivity (Wildman–Crippen MR) is 75.6 cm³/mol. The number of nitrogens with zero attached hydrogens (tertiary/aromatic N) is 1. The highest BCUT2D eigenvalue weighted by atomic mass is 16.4. The molecule has 0 radical (unpaired) electrons. The van der Waals surface area contributed by atoms with Crippen molar-refractivity contribution in [2.75, 3.05) is 0 Å². The molecule has 0 aliphatic carbocycles. The number of hydrogen-bond donors (Lipinski definition) is 1. The molecule has 1 aromatic heterocycles. The molecule has 0 atom stereocenters. The Balaban J connectivity index is 2.65. The van der Waals surface area contributed by atoms with Crippen LogP contribution in [0.5, 0.6) is 0 Å². The zero-order valence-corrected chi connectivity index (χ0v) is 11.6. The molecule has 0 fully saturated rings. The van der Waals surface area contributed by atoms with E-state index in [4.69, 9.17) is 5.11 Å². The zero-order chi connectivity index (χ0) is 14.2. The number of hydrogen-bond acceptors (Lipinski definition) is 2. The molecule has 98 valence electrons. The van der Waals surface area contributed by atoms with Gasteiger partial charge in [-0.2, -0.15) is 0 Å². The second kappa shape index (κ2) is 4.84. The number of aromatic nitrogens is 1. The van der Waals surface area contributed by atoms with Crippen LogP contribution in [0.2, 0.25) is 0 Å². The number of carboxylic acids is 1. The highest BCUT2D eigenvalue weighted by molar-refractivity contribution is 5.91. The van der Waals surface area contributed by atoms with Gasteiger partial charge in [0.1, 0.15) is 0 Å². The Morgan fingerprint density at radius 1 is 1.05 bits per heavy atom. The molecule has 0 bridgehead atoms. The fourth-order valence-corrected chi connectivity index (χ4v) is 2.30. The van der Waals surface area contributed by atoms with Crippen LogP contribution in [0, 0.1) is 27.7 Å². The third-order valence-electron chi connectivity index (χ3n) is 3.28. The molecule has 2 rings (SSSR count). The number of rotatable bonds is 2. The molecule has 0 unspecified atom stereocenters. The quantitative estimate of drug-likeness (QED) is 0.890. The normalized spacial score (nSPS) is 10.5. The number of carboxylic acid groups (broad SMARTS) is 1. The molecule has 0 saturated heterocycles. The molecule has 19 heavy (non-hydrogen) atoms. The number of pyridine rings is 1. The molecule has 0 saturated carbocycles. The summed E-state index contributed by atoms with van der Waals surface area (Å²) in [5.41, 5.74) is 5.80. The highest BCUT2D eigenvalue weighted by Crippen LogP contribution is 2.26. The summed E-state index contributed by atoms with van der Waals surface area (Å²) >= 11 is 0. The first-order valence-electron chi connectivity index (χ1n) is 6.19. The van der Waals surface area contributed by atoms with Crippen molar-refractivity contribution in [1.29, 1.82) is 0 Å². The van der Waals surface area contributed by atoms with E-state index in [1.54, 1.807) is 6.92 Å². The third kappa shape index (κ3) is 2.50. The fourth-order valence-electron chi connectivity index (χ4n) is 2.30. The summed E-state index contributed by atoms with van der Waals surface area (Å²) in [5, 5.41) is 9.17. The monoisotopic (exact) mass is 255 g/mol. The minimum Gasteiger partial charge on any atom is -0.478 e. The van der Waals surface area contributed by atoms with E-state index in [0.717, 1.165) is 22.4 Å². The largest absolute Gasteiger partial charge is 0.478 e. The van der Waals surface area contributed by atoms with E-state index in [-0.39, 0.29) is 0 Å². The van der Waals surface area contributed by atoms with Gasteiger partial charge in [0.25, 0.3) is 0 Å². The second-order valence-corrected chi connectivity index (χ2v) is 4.91. The lowest BCUT2D eigenvalue weighted by Gasteiger charge is -2.11. The van der Waals surface area contributed by atoms with Crippen LogP contribution in [0.3, 0.4) is 0 Å². The Morgan fingerprint density at radius 3 is 2.32 bits per heavy atom. The number of carbonyl (C=O) groups is 1. The Bertz CT molecular complexity index is 637. The first-order valence-corrected chi connectivity index (χ1v) is 6.19. The fraction of sp³-hybridized carbons (Fsp3) is 0.250. The molecule has 3 heteroatoms. The van der Waals surface area contributed by atoms with Gasteiger partial charge in [-0.05, 0) is 51.0 Å². The first-order chi connectivity index (χ1) is 8.90. The summed E-state index contributed by atoms with van der Waals surface area (Å²) in [6.07, 6.45) is 0. The molecule has 0 aliphatic rings. The maximum Gasteiger partial charge on any atom is 0.337 e. The van der Waals surface area contributed by atoms with Gasteiger partial charge in [-0.1, -0.05) is 17.7 Å². The van der Waals surface area contributed by atoms with Crippen molar-refractivity contribution in [1.82, 2.24) is 4.98 Å².